The van der Waals surface area contributed by atoms with E-state index in [4.69, 9.17) is 4.74 Å². The van der Waals surface area contributed by atoms with Gasteiger partial charge in [-0.2, -0.15) is 0 Å². The van der Waals surface area contributed by atoms with Crippen LogP contribution in [-0.2, 0) is 9.53 Å². The highest BCUT2D eigenvalue weighted by atomic mass is 16.5. The number of rotatable bonds is 3. The van der Waals surface area contributed by atoms with Crippen molar-refractivity contribution in [1.82, 2.24) is 0 Å². The van der Waals surface area contributed by atoms with Crippen LogP contribution >= 0.6 is 0 Å². The van der Waals surface area contributed by atoms with Gasteiger partial charge in [0.15, 0.2) is 0 Å². The van der Waals surface area contributed by atoms with Crippen molar-refractivity contribution in [2.75, 3.05) is 6.61 Å². The van der Waals surface area contributed by atoms with Gasteiger partial charge in [0.1, 0.15) is 0 Å². The molecule has 0 aromatic heterocycles. The van der Waals surface area contributed by atoms with Crippen LogP contribution in [0.25, 0.3) is 0 Å². The van der Waals surface area contributed by atoms with Gasteiger partial charge < -0.3 is 4.74 Å². The molecule has 2 heteroatoms. The smallest absolute Gasteiger partial charge is 0.309 e. The van der Waals surface area contributed by atoms with Crippen molar-refractivity contribution >= 4 is 5.97 Å². The Morgan fingerprint density at radius 3 is 2.80 bits per heavy atom. The van der Waals surface area contributed by atoms with E-state index >= 15 is 0 Å². The van der Waals surface area contributed by atoms with Crippen LogP contribution in [0.4, 0.5) is 0 Å². The van der Waals surface area contributed by atoms with E-state index in [0.29, 0.717) is 18.4 Å². The lowest BCUT2D eigenvalue weighted by molar-refractivity contribution is -0.151. The fourth-order valence-electron chi connectivity index (χ4n) is 2.40. The minimum Gasteiger partial charge on any atom is -0.466 e. The molecule has 0 aromatic rings. The summed E-state index contributed by atoms with van der Waals surface area (Å²) in [4.78, 5) is 11.8. The maximum Gasteiger partial charge on any atom is 0.309 e. The van der Waals surface area contributed by atoms with Crippen molar-refractivity contribution in [2.24, 2.45) is 17.8 Å². The third kappa shape index (κ3) is 3.37. The SMILES string of the molecule is C/C=C/C1CCC(C)CC1C(=O)OCC. The predicted molar refractivity (Wildman–Crippen MR) is 61.4 cm³/mol. The number of hydrogen-bond donors (Lipinski definition) is 0. The number of ether oxygens (including phenoxy) is 1. The Morgan fingerprint density at radius 2 is 2.20 bits per heavy atom. The van der Waals surface area contributed by atoms with Gasteiger partial charge in [-0.15, -0.1) is 0 Å². The predicted octanol–water partition coefficient (Wildman–Crippen LogP) is 3.18. The summed E-state index contributed by atoms with van der Waals surface area (Å²) in [6.07, 6.45) is 7.54. The Bertz CT molecular complexity index is 233. The van der Waals surface area contributed by atoms with E-state index < -0.39 is 0 Å². The van der Waals surface area contributed by atoms with Gasteiger partial charge in [0.2, 0.25) is 0 Å². The number of hydrogen-bond acceptors (Lipinski definition) is 2. The first-order valence-corrected chi connectivity index (χ1v) is 5.98. The van der Waals surface area contributed by atoms with Gasteiger partial charge in [0.05, 0.1) is 12.5 Å². The average molecular weight is 210 g/mol. The molecule has 3 unspecified atom stereocenters. The molecule has 0 aliphatic heterocycles. The first-order chi connectivity index (χ1) is 7.19. The first-order valence-electron chi connectivity index (χ1n) is 5.98. The lowest BCUT2D eigenvalue weighted by Crippen LogP contribution is -2.30. The summed E-state index contributed by atoms with van der Waals surface area (Å²) in [5.74, 6) is 1.13. The van der Waals surface area contributed by atoms with Crippen LogP contribution in [0.3, 0.4) is 0 Å². The molecule has 0 bridgehead atoms. The molecular weight excluding hydrogens is 188 g/mol. The van der Waals surface area contributed by atoms with E-state index in [-0.39, 0.29) is 11.9 Å². The third-order valence-corrected chi connectivity index (χ3v) is 3.19. The van der Waals surface area contributed by atoms with Gasteiger partial charge in [0.25, 0.3) is 0 Å². The second-order valence-corrected chi connectivity index (χ2v) is 4.47. The van der Waals surface area contributed by atoms with E-state index in [2.05, 4.69) is 13.0 Å². The largest absolute Gasteiger partial charge is 0.466 e. The molecule has 2 nitrogen and oxygen atoms in total. The number of carbonyl (C=O) groups excluding carboxylic acids is 1. The number of carbonyl (C=O) groups is 1. The average Bonchev–Trinajstić information content (AvgIpc) is 2.21. The second kappa shape index (κ2) is 5.94. The van der Waals surface area contributed by atoms with Crippen LogP contribution in [0.1, 0.15) is 40.0 Å². The normalized spacial score (nSPS) is 31.8. The minimum atomic E-state index is -0.00727. The van der Waals surface area contributed by atoms with E-state index in [1.807, 2.05) is 19.9 Å². The second-order valence-electron chi connectivity index (χ2n) is 4.47. The molecule has 1 rings (SSSR count). The highest BCUT2D eigenvalue weighted by molar-refractivity contribution is 5.73. The monoisotopic (exact) mass is 210 g/mol. The van der Waals surface area contributed by atoms with Crippen LogP contribution in [0.5, 0.6) is 0 Å². The van der Waals surface area contributed by atoms with E-state index in [1.54, 1.807) is 0 Å². The summed E-state index contributed by atoms with van der Waals surface area (Å²) >= 11 is 0. The topological polar surface area (TPSA) is 26.3 Å². The van der Waals surface area contributed by atoms with Gasteiger partial charge in [-0.25, -0.2) is 0 Å². The van der Waals surface area contributed by atoms with Gasteiger partial charge in [-0.3, -0.25) is 4.79 Å². The van der Waals surface area contributed by atoms with Gasteiger partial charge in [0, 0.05) is 0 Å². The highest BCUT2D eigenvalue weighted by Gasteiger charge is 2.33. The van der Waals surface area contributed by atoms with Crippen LogP contribution < -0.4 is 0 Å². The van der Waals surface area contributed by atoms with Crippen molar-refractivity contribution in [3.63, 3.8) is 0 Å². The van der Waals surface area contributed by atoms with Crippen molar-refractivity contribution in [2.45, 2.75) is 40.0 Å². The molecule has 0 radical (unpaired) electrons. The molecule has 1 saturated carbocycles. The summed E-state index contributed by atoms with van der Waals surface area (Å²) in [6, 6.07) is 0. The number of esters is 1. The van der Waals surface area contributed by atoms with Crippen molar-refractivity contribution < 1.29 is 9.53 Å². The van der Waals surface area contributed by atoms with Crippen LogP contribution in [0.15, 0.2) is 12.2 Å². The first kappa shape index (κ1) is 12.3. The lowest BCUT2D eigenvalue weighted by Gasteiger charge is -2.31. The van der Waals surface area contributed by atoms with Crippen LogP contribution in [0.2, 0.25) is 0 Å². The zero-order valence-electron chi connectivity index (χ0n) is 10.0. The molecule has 0 saturated heterocycles. The van der Waals surface area contributed by atoms with E-state index in [9.17, 15) is 4.79 Å². The molecule has 3 atom stereocenters. The fraction of sp³-hybridized carbons (Fsp3) is 0.769. The van der Waals surface area contributed by atoms with Crippen LogP contribution in [0, 0.1) is 17.8 Å². The van der Waals surface area contributed by atoms with Crippen molar-refractivity contribution in [3.05, 3.63) is 12.2 Å². The Balaban J connectivity index is 2.65. The summed E-state index contributed by atoms with van der Waals surface area (Å²) < 4.78 is 5.13. The molecule has 0 amide bonds. The molecule has 0 aromatic carbocycles. The molecule has 0 heterocycles. The molecular formula is C13H22O2. The standard InChI is InChI=1S/C13H22O2/c1-4-6-11-8-7-10(3)9-12(11)13(14)15-5-2/h4,6,10-12H,5,7-9H2,1-3H3/b6-4+. The summed E-state index contributed by atoms with van der Waals surface area (Å²) in [7, 11) is 0. The Labute approximate surface area is 92.7 Å². The van der Waals surface area contributed by atoms with Gasteiger partial charge in [-0.1, -0.05) is 25.5 Å². The maximum atomic E-state index is 11.8. The molecule has 1 aliphatic carbocycles. The molecule has 0 N–H and O–H groups in total. The minimum absolute atomic E-state index is 0.00727. The highest BCUT2D eigenvalue weighted by Crippen LogP contribution is 2.35. The molecule has 1 fully saturated rings. The van der Waals surface area contributed by atoms with E-state index in [0.717, 1.165) is 12.8 Å². The van der Waals surface area contributed by atoms with Crippen LogP contribution in [-0.4, -0.2) is 12.6 Å². The van der Waals surface area contributed by atoms with E-state index in [1.165, 1.54) is 6.42 Å². The molecule has 15 heavy (non-hydrogen) atoms. The molecule has 1 aliphatic rings. The zero-order chi connectivity index (χ0) is 11.3. The summed E-state index contributed by atoms with van der Waals surface area (Å²) in [5.41, 5.74) is 0. The summed E-state index contributed by atoms with van der Waals surface area (Å²) in [5, 5.41) is 0. The molecule has 86 valence electrons. The fourth-order valence-corrected chi connectivity index (χ4v) is 2.40. The van der Waals surface area contributed by atoms with Crippen molar-refractivity contribution in [1.29, 1.82) is 0 Å². The Morgan fingerprint density at radius 1 is 1.47 bits per heavy atom. The maximum absolute atomic E-state index is 11.8. The van der Waals surface area contributed by atoms with Gasteiger partial charge in [-0.05, 0) is 38.5 Å². The zero-order valence-corrected chi connectivity index (χ0v) is 10.0. The molecule has 0 spiro atoms. The summed E-state index contributed by atoms with van der Waals surface area (Å²) in [6.45, 7) is 6.60. The Kier molecular flexibility index (Phi) is 4.86. The quantitative estimate of drug-likeness (QED) is 0.528. The lowest BCUT2D eigenvalue weighted by atomic mass is 9.74. The van der Waals surface area contributed by atoms with Crippen molar-refractivity contribution in [3.8, 4) is 0 Å². The number of allylic oxidation sites excluding steroid dienone is 2. The van der Waals surface area contributed by atoms with Gasteiger partial charge >= 0.3 is 5.97 Å². The third-order valence-electron chi connectivity index (χ3n) is 3.19. The Hall–Kier alpha value is -0.790.